The molecule has 1 unspecified atom stereocenters. The molecule has 0 N–H and O–H groups in total. The molecule has 0 aliphatic heterocycles. The molecule has 1 atom stereocenters. The molecular weight excluding hydrogens is 382 g/mol. The molecule has 0 aliphatic rings. The zero-order valence-corrected chi connectivity index (χ0v) is 15.0. The molecule has 0 fully saturated rings. The predicted octanol–water partition coefficient (Wildman–Crippen LogP) is 3.13. The molecule has 0 saturated carbocycles. The van der Waals surface area contributed by atoms with Crippen LogP contribution in [0.3, 0.4) is 0 Å². The van der Waals surface area contributed by atoms with Crippen LogP contribution in [-0.2, 0) is 19.1 Å². The highest BCUT2D eigenvalue weighted by Crippen LogP contribution is 2.29. The third-order valence-corrected chi connectivity index (χ3v) is 4.35. The lowest BCUT2D eigenvalue weighted by molar-refractivity contribution is -0.125. The van der Waals surface area contributed by atoms with Gasteiger partial charge in [0.05, 0.1) is 11.9 Å². The lowest BCUT2D eigenvalue weighted by Gasteiger charge is -2.24. The molecule has 0 heterocycles. The number of nitrogens with zero attached hydrogens (tertiary/aromatic N) is 1. The number of carbonyl (C=O) groups is 1. The summed E-state index contributed by atoms with van der Waals surface area (Å²) in [5.41, 5.74) is 1.09. The average Bonchev–Trinajstić information content (AvgIpc) is 2.52. The number of para-hydroxylation sites is 1. The van der Waals surface area contributed by atoms with Gasteiger partial charge in [-0.05, 0) is 33.6 Å². The van der Waals surface area contributed by atoms with E-state index < -0.39 is 22.1 Å². The number of rotatable bonds is 5. The second-order valence-electron chi connectivity index (χ2n) is 4.94. The number of anilines is 1. The van der Waals surface area contributed by atoms with Crippen molar-refractivity contribution in [1.82, 2.24) is 0 Å². The molecule has 2 aromatic carbocycles. The van der Waals surface area contributed by atoms with Gasteiger partial charge >= 0.3 is 0 Å². The van der Waals surface area contributed by atoms with Gasteiger partial charge in [0.1, 0.15) is 0 Å². The van der Waals surface area contributed by atoms with Crippen molar-refractivity contribution in [2.45, 2.75) is 6.10 Å². The monoisotopic (exact) mass is 397 g/mol. The summed E-state index contributed by atoms with van der Waals surface area (Å²) in [5.74, 6) is -0.478. The summed E-state index contributed by atoms with van der Waals surface area (Å²) in [6.45, 7) is 0. The SMILES string of the molecule is CN(C(=O)C(OS(C)(=O)=O)c1ccccc1)c1ccccc1Br. The van der Waals surface area contributed by atoms with Gasteiger partial charge in [0.15, 0.2) is 6.10 Å². The van der Waals surface area contributed by atoms with Crippen molar-refractivity contribution in [3.63, 3.8) is 0 Å². The van der Waals surface area contributed by atoms with Crippen LogP contribution in [0, 0.1) is 0 Å². The Labute approximate surface area is 144 Å². The van der Waals surface area contributed by atoms with Gasteiger partial charge in [0.25, 0.3) is 16.0 Å². The van der Waals surface area contributed by atoms with Crippen molar-refractivity contribution in [2.75, 3.05) is 18.2 Å². The van der Waals surface area contributed by atoms with Crippen molar-refractivity contribution >= 4 is 37.6 Å². The fourth-order valence-corrected chi connectivity index (χ4v) is 3.15. The van der Waals surface area contributed by atoms with Gasteiger partial charge in [-0.25, -0.2) is 0 Å². The second kappa shape index (κ2) is 7.25. The van der Waals surface area contributed by atoms with Crippen molar-refractivity contribution < 1.29 is 17.4 Å². The lowest BCUT2D eigenvalue weighted by Crippen LogP contribution is -2.34. The maximum Gasteiger partial charge on any atom is 0.265 e. The topological polar surface area (TPSA) is 63.7 Å². The molecule has 23 heavy (non-hydrogen) atoms. The van der Waals surface area contributed by atoms with Gasteiger partial charge in [-0.3, -0.25) is 8.98 Å². The Morgan fingerprint density at radius 3 is 2.22 bits per heavy atom. The quantitative estimate of drug-likeness (QED) is 0.726. The van der Waals surface area contributed by atoms with E-state index >= 15 is 0 Å². The third kappa shape index (κ3) is 4.63. The van der Waals surface area contributed by atoms with E-state index in [-0.39, 0.29) is 0 Å². The predicted molar refractivity (Wildman–Crippen MR) is 92.7 cm³/mol. The van der Waals surface area contributed by atoms with Crippen LogP contribution in [0.25, 0.3) is 0 Å². The highest BCUT2D eigenvalue weighted by Gasteiger charge is 2.29. The first-order chi connectivity index (χ1) is 10.8. The number of halogens is 1. The van der Waals surface area contributed by atoms with Crippen molar-refractivity contribution in [1.29, 1.82) is 0 Å². The summed E-state index contributed by atoms with van der Waals surface area (Å²) >= 11 is 3.38. The molecule has 1 amide bonds. The van der Waals surface area contributed by atoms with Crippen molar-refractivity contribution in [3.8, 4) is 0 Å². The van der Waals surface area contributed by atoms with Crippen LogP contribution in [0.2, 0.25) is 0 Å². The highest BCUT2D eigenvalue weighted by molar-refractivity contribution is 9.10. The molecule has 0 saturated heterocycles. The Morgan fingerprint density at radius 1 is 1.09 bits per heavy atom. The van der Waals surface area contributed by atoms with Gasteiger partial charge < -0.3 is 4.90 Å². The number of carbonyl (C=O) groups excluding carboxylic acids is 1. The molecule has 0 spiro atoms. The fourth-order valence-electron chi connectivity index (χ4n) is 2.06. The minimum atomic E-state index is -3.80. The molecule has 0 aromatic heterocycles. The van der Waals surface area contributed by atoms with Crippen LogP contribution in [-0.4, -0.2) is 27.6 Å². The first kappa shape index (κ1) is 17.7. The smallest absolute Gasteiger partial charge is 0.265 e. The van der Waals surface area contributed by atoms with Crippen LogP contribution < -0.4 is 4.90 Å². The number of likely N-dealkylation sites (N-methyl/N-ethyl adjacent to an activating group) is 1. The lowest BCUT2D eigenvalue weighted by atomic mass is 10.1. The van der Waals surface area contributed by atoms with Crippen LogP contribution in [0.1, 0.15) is 11.7 Å². The third-order valence-electron chi connectivity index (χ3n) is 3.14. The number of benzene rings is 2. The molecule has 0 aliphatic carbocycles. The Morgan fingerprint density at radius 2 is 1.65 bits per heavy atom. The molecule has 0 bridgehead atoms. The van der Waals surface area contributed by atoms with Crippen LogP contribution in [0.4, 0.5) is 5.69 Å². The molecule has 0 radical (unpaired) electrons. The van der Waals surface area contributed by atoms with Crippen molar-refractivity contribution in [3.05, 3.63) is 64.6 Å². The summed E-state index contributed by atoms with van der Waals surface area (Å²) in [5, 5.41) is 0. The zero-order chi connectivity index (χ0) is 17.0. The van der Waals surface area contributed by atoms with Crippen LogP contribution in [0.15, 0.2) is 59.1 Å². The van der Waals surface area contributed by atoms with Crippen molar-refractivity contribution in [2.24, 2.45) is 0 Å². The van der Waals surface area contributed by atoms with E-state index in [4.69, 9.17) is 4.18 Å². The summed E-state index contributed by atoms with van der Waals surface area (Å²) in [7, 11) is -2.23. The zero-order valence-electron chi connectivity index (χ0n) is 12.6. The maximum absolute atomic E-state index is 12.8. The van der Waals surface area contributed by atoms with E-state index in [0.29, 0.717) is 11.3 Å². The Kier molecular flexibility index (Phi) is 5.56. The minimum Gasteiger partial charge on any atom is -0.312 e. The Bertz CT molecular complexity index is 793. The molecule has 2 rings (SSSR count). The van der Waals surface area contributed by atoms with E-state index in [1.807, 2.05) is 6.07 Å². The van der Waals surface area contributed by atoms with Gasteiger partial charge in [-0.2, -0.15) is 8.42 Å². The molecule has 5 nitrogen and oxygen atoms in total. The highest BCUT2D eigenvalue weighted by atomic mass is 79.9. The molecular formula is C16H16BrNO4S. The first-order valence-electron chi connectivity index (χ1n) is 6.75. The van der Waals surface area contributed by atoms with E-state index in [2.05, 4.69) is 15.9 Å². The van der Waals surface area contributed by atoms with E-state index in [0.717, 1.165) is 10.7 Å². The second-order valence-corrected chi connectivity index (χ2v) is 7.39. The van der Waals surface area contributed by atoms with E-state index in [1.165, 1.54) is 4.90 Å². The maximum atomic E-state index is 12.8. The van der Waals surface area contributed by atoms with E-state index in [9.17, 15) is 13.2 Å². The van der Waals surface area contributed by atoms with Crippen LogP contribution in [0.5, 0.6) is 0 Å². The van der Waals surface area contributed by atoms with Gasteiger partial charge in [-0.15, -0.1) is 0 Å². The summed E-state index contributed by atoms with van der Waals surface area (Å²) in [6, 6.07) is 15.7. The minimum absolute atomic E-state index is 0.474. The van der Waals surface area contributed by atoms with Crippen LogP contribution >= 0.6 is 15.9 Å². The number of hydrogen-bond acceptors (Lipinski definition) is 4. The van der Waals surface area contributed by atoms with Gasteiger partial charge in [0.2, 0.25) is 0 Å². The average molecular weight is 398 g/mol. The summed E-state index contributed by atoms with van der Waals surface area (Å²) < 4.78 is 28.8. The summed E-state index contributed by atoms with van der Waals surface area (Å²) in [6.07, 6.45) is -0.308. The molecule has 122 valence electrons. The van der Waals surface area contributed by atoms with E-state index in [1.54, 1.807) is 55.6 Å². The fraction of sp³-hybridized carbons (Fsp3) is 0.188. The standard InChI is InChI=1S/C16H16BrNO4S/c1-18(14-11-7-6-10-13(14)17)16(19)15(22-23(2,20)21)12-8-4-3-5-9-12/h3-11,15H,1-2H3. The number of amides is 1. The largest absolute Gasteiger partial charge is 0.312 e. The molecule has 2 aromatic rings. The van der Waals surface area contributed by atoms with Gasteiger partial charge in [0, 0.05) is 11.5 Å². The Balaban J connectivity index is 2.39. The summed E-state index contributed by atoms with van der Waals surface area (Å²) in [4.78, 5) is 14.2. The van der Waals surface area contributed by atoms with Gasteiger partial charge in [-0.1, -0.05) is 42.5 Å². The normalized spacial score (nSPS) is 12.7. The Hall–Kier alpha value is -1.70. The molecule has 7 heteroatoms. The number of hydrogen-bond donors (Lipinski definition) is 0. The first-order valence-corrected chi connectivity index (χ1v) is 9.36.